The Bertz CT molecular complexity index is 1400. The van der Waals surface area contributed by atoms with Gasteiger partial charge in [-0.1, -0.05) is 29.8 Å². The highest BCUT2D eigenvalue weighted by Gasteiger charge is 2.38. The predicted octanol–water partition coefficient (Wildman–Crippen LogP) is 4.33. The van der Waals surface area contributed by atoms with E-state index < -0.39 is 30.2 Å². The monoisotopic (exact) mass is 514 g/mol. The molecule has 1 aromatic heterocycles. The molecule has 1 saturated heterocycles. The Kier molecular flexibility index (Phi) is 7.22. The number of benzene rings is 2. The van der Waals surface area contributed by atoms with Crippen LogP contribution in [0.3, 0.4) is 0 Å². The molecule has 3 aromatic rings. The summed E-state index contributed by atoms with van der Waals surface area (Å²) in [5.41, 5.74) is 1.22. The Hall–Kier alpha value is -3.97. The number of nitriles is 1. The average molecular weight is 515 g/mol. The fourth-order valence-corrected chi connectivity index (χ4v) is 4.43. The molecule has 8 nitrogen and oxygen atoms in total. The van der Waals surface area contributed by atoms with Gasteiger partial charge in [0.2, 0.25) is 5.91 Å². The third-order valence-electron chi connectivity index (χ3n) is 5.89. The van der Waals surface area contributed by atoms with Crippen molar-refractivity contribution < 1.29 is 27.9 Å². The number of carbonyl (C=O) groups excluding carboxylic acids is 3. The normalized spacial score (nSPS) is 17.1. The largest absolute Gasteiger partial charge is 0.425 e. The molecule has 1 N–H and O–H groups in total. The lowest BCUT2D eigenvalue weighted by atomic mass is 10.1. The first kappa shape index (κ1) is 25.1. The first-order valence-corrected chi connectivity index (χ1v) is 11.4. The number of ether oxygens (including phenoxy) is 1. The molecule has 0 bridgehead atoms. The van der Waals surface area contributed by atoms with Gasteiger partial charge in [-0.25, -0.2) is 13.6 Å². The zero-order valence-electron chi connectivity index (χ0n) is 19.1. The van der Waals surface area contributed by atoms with Gasteiger partial charge in [-0.15, -0.1) is 0 Å². The van der Waals surface area contributed by atoms with Gasteiger partial charge in [-0.05, 0) is 25.1 Å². The molecule has 2 atom stereocenters. The van der Waals surface area contributed by atoms with Crippen molar-refractivity contribution in [3.63, 3.8) is 0 Å². The summed E-state index contributed by atoms with van der Waals surface area (Å²) in [6.45, 7) is 0.653. The van der Waals surface area contributed by atoms with Crippen molar-refractivity contribution in [2.24, 2.45) is 0 Å². The number of aromatic nitrogens is 1. The second-order valence-electron chi connectivity index (χ2n) is 8.38. The molecule has 0 spiro atoms. The Morgan fingerprint density at radius 1 is 1.28 bits per heavy atom. The second kappa shape index (κ2) is 10.3. The van der Waals surface area contributed by atoms with Gasteiger partial charge in [0.05, 0.1) is 23.2 Å². The van der Waals surface area contributed by atoms with Crippen LogP contribution in [-0.4, -0.2) is 46.2 Å². The molecule has 186 valence electrons. The van der Waals surface area contributed by atoms with Crippen molar-refractivity contribution in [2.75, 3.05) is 6.54 Å². The second-order valence-corrected chi connectivity index (χ2v) is 8.79. The van der Waals surface area contributed by atoms with Crippen LogP contribution in [0.25, 0.3) is 10.9 Å². The SMILES string of the molecule is CC(=O)c1cn(CC(=O)N2C[C@H](F)C[C@@H]2OC(=O)NCc2cc(C#N)cc(Cl)c2F)c2ccccc12. The summed E-state index contributed by atoms with van der Waals surface area (Å²) in [7, 11) is 0. The van der Waals surface area contributed by atoms with Crippen molar-refractivity contribution in [2.45, 2.75) is 38.8 Å². The van der Waals surface area contributed by atoms with Crippen LogP contribution < -0.4 is 5.32 Å². The van der Waals surface area contributed by atoms with Crippen molar-refractivity contribution >= 4 is 40.3 Å². The van der Waals surface area contributed by atoms with E-state index in [1.807, 2.05) is 6.07 Å². The Morgan fingerprint density at radius 3 is 2.75 bits per heavy atom. The minimum atomic E-state index is -1.40. The first-order chi connectivity index (χ1) is 17.2. The maximum absolute atomic E-state index is 14.2. The molecule has 0 saturated carbocycles. The van der Waals surface area contributed by atoms with Crippen molar-refractivity contribution in [1.82, 2.24) is 14.8 Å². The molecule has 2 heterocycles. The lowest BCUT2D eigenvalue weighted by Gasteiger charge is -2.24. The molecule has 2 aromatic carbocycles. The van der Waals surface area contributed by atoms with E-state index in [9.17, 15) is 23.2 Å². The van der Waals surface area contributed by atoms with Crippen LogP contribution in [0.2, 0.25) is 5.02 Å². The van der Waals surface area contributed by atoms with Gasteiger partial charge in [-0.3, -0.25) is 9.59 Å². The van der Waals surface area contributed by atoms with Crippen LogP contribution in [0.5, 0.6) is 0 Å². The number of ketones is 1. The van der Waals surface area contributed by atoms with E-state index in [-0.39, 0.29) is 48.0 Å². The van der Waals surface area contributed by atoms with E-state index in [0.717, 1.165) is 11.0 Å². The molecule has 1 fully saturated rings. The number of alkyl carbamates (subject to hydrolysis) is 1. The van der Waals surface area contributed by atoms with Crippen LogP contribution >= 0.6 is 11.6 Å². The number of para-hydroxylation sites is 1. The maximum Gasteiger partial charge on any atom is 0.409 e. The van der Waals surface area contributed by atoms with E-state index in [2.05, 4.69) is 5.32 Å². The van der Waals surface area contributed by atoms with Gasteiger partial charge >= 0.3 is 6.09 Å². The van der Waals surface area contributed by atoms with Crippen molar-refractivity contribution in [1.29, 1.82) is 5.26 Å². The number of Topliss-reactive ketones (excluding diaryl/α,β-unsaturated/α-hetero) is 1. The third-order valence-corrected chi connectivity index (χ3v) is 6.17. The number of nitrogens with one attached hydrogen (secondary N) is 1. The molecule has 11 heteroatoms. The number of hydrogen-bond acceptors (Lipinski definition) is 5. The van der Waals surface area contributed by atoms with Crippen LogP contribution in [0.4, 0.5) is 13.6 Å². The average Bonchev–Trinajstić information content (AvgIpc) is 3.40. The van der Waals surface area contributed by atoms with E-state index in [4.69, 9.17) is 21.6 Å². The summed E-state index contributed by atoms with van der Waals surface area (Å²) >= 11 is 5.77. The van der Waals surface area contributed by atoms with E-state index in [0.29, 0.717) is 16.5 Å². The quantitative estimate of drug-likeness (QED) is 0.493. The molecule has 0 unspecified atom stereocenters. The van der Waals surface area contributed by atoms with E-state index in [1.54, 1.807) is 35.0 Å². The van der Waals surface area contributed by atoms with Crippen LogP contribution in [0, 0.1) is 17.1 Å². The lowest BCUT2D eigenvalue weighted by molar-refractivity contribution is -0.138. The number of hydrogen-bond donors (Lipinski definition) is 1. The van der Waals surface area contributed by atoms with Gasteiger partial charge in [0, 0.05) is 41.2 Å². The van der Waals surface area contributed by atoms with Gasteiger partial charge in [0.15, 0.2) is 12.0 Å². The highest BCUT2D eigenvalue weighted by Crippen LogP contribution is 2.25. The molecule has 0 aliphatic carbocycles. The third kappa shape index (κ3) is 5.16. The number of alkyl halides is 1. The van der Waals surface area contributed by atoms with Crippen molar-refractivity contribution in [3.05, 3.63) is 70.1 Å². The number of amides is 2. The minimum Gasteiger partial charge on any atom is -0.425 e. The first-order valence-electron chi connectivity index (χ1n) is 11.0. The number of likely N-dealkylation sites (tertiary alicyclic amines) is 1. The number of nitrogens with zero attached hydrogens (tertiary/aromatic N) is 3. The van der Waals surface area contributed by atoms with E-state index in [1.165, 1.54) is 13.0 Å². The zero-order chi connectivity index (χ0) is 26.0. The van der Waals surface area contributed by atoms with Crippen molar-refractivity contribution in [3.8, 4) is 6.07 Å². The van der Waals surface area contributed by atoms with Gasteiger partial charge in [-0.2, -0.15) is 5.26 Å². The zero-order valence-corrected chi connectivity index (χ0v) is 19.9. The Balaban J connectivity index is 1.44. The summed E-state index contributed by atoms with van der Waals surface area (Å²) < 4.78 is 35.3. The highest BCUT2D eigenvalue weighted by atomic mass is 35.5. The molecule has 1 aliphatic heterocycles. The Morgan fingerprint density at radius 2 is 2.03 bits per heavy atom. The fourth-order valence-electron chi connectivity index (χ4n) is 4.19. The summed E-state index contributed by atoms with van der Waals surface area (Å²) in [5.74, 6) is -1.44. The maximum atomic E-state index is 14.2. The minimum absolute atomic E-state index is 0.0283. The molecule has 36 heavy (non-hydrogen) atoms. The summed E-state index contributed by atoms with van der Waals surface area (Å²) in [5, 5.41) is 11.8. The van der Waals surface area contributed by atoms with Gasteiger partial charge in [0.1, 0.15) is 18.5 Å². The number of halogens is 3. The van der Waals surface area contributed by atoms with Gasteiger partial charge < -0.3 is 19.5 Å². The molecule has 2 amide bonds. The molecular weight excluding hydrogens is 494 g/mol. The number of rotatable bonds is 6. The van der Waals surface area contributed by atoms with Gasteiger partial charge in [0.25, 0.3) is 0 Å². The standard InChI is InChI=1S/C25H21ClF2N4O4/c1-14(33)19-12-31(21-5-3-2-4-18(19)21)13-22(34)32-11-17(27)8-23(32)36-25(35)30-10-16-6-15(9-29)7-20(26)24(16)28/h2-7,12,17,23H,8,10-11,13H2,1H3,(H,30,35)/t17-,23+/m1/s1. The topological polar surface area (TPSA) is 104 Å². The lowest BCUT2D eigenvalue weighted by Crippen LogP contribution is -2.42. The molecule has 4 rings (SSSR count). The molecule has 1 aliphatic rings. The summed E-state index contributed by atoms with van der Waals surface area (Å²) in [4.78, 5) is 38.5. The van der Waals surface area contributed by atoms with Crippen LogP contribution in [0.15, 0.2) is 42.6 Å². The van der Waals surface area contributed by atoms with Crippen LogP contribution in [-0.2, 0) is 22.6 Å². The number of fused-ring (bicyclic) bond motifs is 1. The summed E-state index contributed by atoms with van der Waals surface area (Å²) in [6, 6.07) is 11.3. The predicted molar refractivity (Wildman–Crippen MR) is 126 cm³/mol. The van der Waals surface area contributed by atoms with Crippen LogP contribution in [0.1, 0.15) is 34.8 Å². The molecule has 0 radical (unpaired) electrons. The number of carbonyl (C=O) groups is 3. The summed E-state index contributed by atoms with van der Waals surface area (Å²) in [6.07, 6.45) is -2.19. The Labute approximate surface area is 210 Å². The highest BCUT2D eigenvalue weighted by molar-refractivity contribution is 6.30. The smallest absolute Gasteiger partial charge is 0.409 e. The molecular formula is C25H21ClF2N4O4. The van der Waals surface area contributed by atoms with E-state index >= 15 is 0 Å². The fraction of sp³-hybridized carbons (Fsp3) is 0.280.